The fourth-order valence-electron chi connectivity index (χ4n) is 2.59. The van der Waals surface area contributed by atoms with Crippen LogP contribution in [0.15, 0.2) is 30.6 Å². The second-order valence-corrected chi connectivity index (χ2v) is 5.57. The van der Waals surface area contributed by atoms with E-state index in [1.165, 1.54) is 12.1 Å². The number of nitrogens with zero attached hydrogens (tertiary/aromatic N) is 4. The van der Waals surface area contributed by atoms with Gasteiger partial charge in [-0.1, -0.05) is 11.6 Å². The quantitative estimate of drug-likeness (QED) is 0.677. The predicted octanol–water partition coefficient (Wildman–Crippen LogP) is 3.54. The highest BCUT2D eigenvalue weighted by Gasteiger charge is 2.20. The minimum atomic E-state index is -0.800. The molecule has 4 rings (SSSR count). The minimum absolute atomic E-state index is 0.347. The number of aromatic nitrogens is 3. The van der Waals surface area contributed by atoms with Crippen molar-refractivity contribution in [1.29, 1.82) is 0 Å². The van der Waals surface area contributed by atoms with Gasteiger partial charge in [-0.3, -0.25) is 0 Å². The van der Waals surface area contributed by atoms with Crippen LogP contribution in [0.3, 0.4) is 0 Å². The van der Waals surface area contributed by atoms with E-state index >= 15 is 0 Å². The van der Waals surface area contributed by atoms with E-state index in [0.717, 1.165) is 25.2 Å². The van der Waals surface area contributed by atoms with Gasteiger partial charge in [0.2, 0.25) is 0 Å². The van der Waals surface area contributed by atoms with Crippen molar-refractivity contribution in [2.24, 2.45) is 0 Å². The maximum atomic E-state index is 13.7. The highest BCUT2D eigenvalue weighted by atomic mass is 35.5. The summed E-state index contributed by atoms with van der Waals surface area (Å²) in [5, 5.41) is 3.74. The van der Waals surface area contributed by atoms with Gasteiger partial charge in [0.15, 0.2) is 5.65 Å². The van der Waals surface area contributed by atoms with Gasteiger partial charge in [0.1, 0.15) is 16.7 Å². The lowest BCUT2D eigenvalue weighted by molar-refractivity contribution is 0.584. The molecule has 1 aliphatic rings. The van der Waals surface area contributed by atoms with Crippen molar-refractivity contribution >= 4 is 22.9 Å². The lowest BCUT2D eigenvalue weighted by atomic mass is 10.1. The SMILES string of the molecule is Fc1cc(-c2cnc3c(N4CCC4)ccnn23)cc(F)c1Cl. The highest BCUT2D eigenvalue weighted by Crippen LogP contribution is 2.30. The highest BCUT2D eigenvalue weighted by molar-refractivity contribution is 6.31. The Kier molecular flexibility index (Phi) is 3.00. The van der Waals surface area contributed by atoms with Crippen molar-refractivity contribution in [3.8, 4) is 11.3 Å². The van der Waals surface area contributed by atoms with Crippen LogP contribution in [0.4, 0.5) is 14.5 Å². The van der Waals surface area contributed by atoms with Crippen LogP contribution < -0.4 is 4.90 Å². The molecule has 1 aliphatic heterocycles. The number of hydrogen-bond acceptors (Lipinski definition) is 3. The van der Waals surface area contributed by atoms with E-state index in [4.69, 9.17) is 11.6 Å². The fraction of sp³-hybridized carbons (Fsp3) is 0.200. The van der Waals surface area contributed by atoms with Crippen LogP contribution >= 0.6 is 11.6 Å². The van der Waals surface area contributed by atoms with Crippen LogP contribution in [0.5, 0.6) is 0 Å². The van der Waals surface area contributed by atoms with Crippen molar-refractivity contribution < 1.29 is 8.78 Å². The smallest absolute Gasteiger partial charge is 0.177 e. The molecule has 0 radical (unpaired) electrons. The zero-order valence-electron chi connectivity index (χ0n) is 11.4. The van der Waals surface area contributed by atoms with Crippen molar-refractivity contribution in [2.45, 2.75) is 6.42 Å². The molecule has 0 atom stereocenters. The van der Waals surface area contributed by atoms with Crippen LogP contribution in [-0.4, -0.2) is 27.7 Å². The largest absolute Gasteiger partial charge is 0.368 e. The molecular formula is C15H11ClF2N4. The molecule has 3 aromatic rings. The molecule has 0 saturated carbocycles. The normalized spacial score (nSPS) is 14.4. The molecule has 0 spiro atoms. The van der Waals surface area contributed by atoms with Gasteiger partial charge in [-0.25, -0.2) is 18.3 Å². The van der Waals surface area contributed by atoms with E-state index in [9.17, 15) is 8.78 Å². The molecule has 3 heterocycles. The van der Waals surface area contributed by atoms with Crippen molar-refractivity contribution in [3.05, 3.63) is 47.2 Å². The Bertz CT molecular complexity index is 850. The molecule has 7 heteroatoms. The first kappa shape index (κ1) is 13.5. The number of hydrogen-bond donors (Lipinski definition) is 0. The van der Waals surface area contributed by atoms with Gasteiger partial charge in [0.05, 0.1) is 23.8 Å². The Hall–Kier alpha value is -2.21. The summed E-state index contributed by atoms with van der Waals surface area (Å²) in [6.45, 7) is 1.96. The van der Waals surface area contributed by atoms with Gasteiger partial charge >= 0.3 is 0 Å². The summed E-state index contributed by atoms with van der Waals surface area (Å²) < 4.78 is 28.9. The van der Waals surface area contributed by atoms with Gasteiger partial charge < -0.3 is 4.90 Å². The van der Waals surface area contributed by atoms with E-state index in [1.54, 1.807) is 16.9 Å². The third-order valence-electron chi connectivity index (χ3n) is 3.86. The Morgan fingerprint density at radius 1 is 1.14 bits per heavy atom. The zero-order chi connectivity index (χ0) is 15.3. The van der Waals surface area contributed by atoms with Crippen LogP contribution in [0.2, 0.25) is 5.02 Å². The number of rotatable bonds is 2. The Morgan fingerprint density at radius 3 is 2.50 bits per heavy atom. The third-order valence-corrected chi connectivity index (χ3v) is 4.22. The van der Waals surface area contributed by atoms with Gasteiger partial charge in [0.25, 0.3) is 0 Å². The average molecular weight is 321 g/mol. The summed E-state index contributed by atoms with van der Waals surface area (Å²) in [7, 11) is 0. The van der Waals surface area contributed by atoms with E-state index in [0.29, 0.717) is 16.9 Å². The average Bonchev–Trinajstić information content (AvgIpc) is 2.87. The molecule has 0 bridgehead atoms. The molecule has 1 aromatic carbocycles. The maximum Gasteiger partial charge on any atom is 0.177 e. The van der Waals surface area contributed by atoms with E-state index in [1.807, 2.05) is 6.07 Å². The number of fused-ring (bicyclic) bond motifs is 1. The molecule has 22 heavy (non-hydrogen) atoms. The van der Waals surface area contributed by atoms with E-state index in [-0.39, 0.29) is 0 Å². The van der Waals surface area contributed by atoms with Gasteiger partial charge in [-0.05, 0) is 24.6 Å². The fourth-order valence-corrected chi connectivity index (χ4v) is 2.70. The van der Waals surface area contributed by atoms with Crippen molar-refractivity contribution in [3.63, 3.8) is 0 Å². The second-order valence-electron chi connectivity index (χ2n) is 5.19. The number of benzene rings is 1. The van der Waals surface area contributed by atoms with Crippen LogP contribution in [0.1, 0.15) is 6.42 Å². The van der Waals surface area contributed by atoms with Crippen LogP contribution in [-0.2, 0) is 0 Å². The predicted molar refractivity (Wildman–Crippen MR) is 80.2 cm³/mol. The molecular weight excluding hydrogens is 310 g/mol. The maximum absolute atomic E-state index is 13.7. The summed E-state index contributed by atoms with van der Waals surface area (Å²) in [6, 6.07) is 4.27. The van der Waals surface area contributed by atoms with Gasteiger partial charge in [-0.2, -0.15) is 5.10 Å². The first-order chi connectivity index (χ1) is 10.6. The summed E-state index contributed by atoms with van der Waals surface area (Å²) >= 11 is 5.53. The summed E-state index contributed by atoms with van der Waals surface area (Å²) in [5.41, 5.74) is 2.52. The number of halogens is 3. The molecule has 0 N–H and O–H groups in total. The van der Waals surface area contributed by atoms with Crippen LogP contribution in [0.25, 0.3) is 16.9 Å². The first-order valence-corrected chi connectivity index (χ1v) is 7.25. The standard InChI is InChI=1S/C15H11ClF2N4/c16-14-10(17)6-9(7-11(14)18)13-8-19-15-12(21-4-1-5-21)2-3-20-22(13)15/h2-3,6-8H,1,4-5H2. The van der Waals surface area contributed by atoms with E-state index in [2.05, 4.69) is 15.0 Å². The van der Waals surface area contributed by atoms with Crippen molar-refractivity contribution in [1.82, 2.24) is 14.6 Å². The molecule has 1 fully saturated rings. The molecule has 0 unspecified atom stereocenters. The molecule has 2 aromatic heterocycles. The zero-order valence-corrected chi connectivity index (χ0v) is 12.2. The van der Waals surface area contributed by atoms with Crippen molar-refractivity contribution in [2.75, 3.05) is 18.0 Å². The second kappa shape index (κ2) is 4.91. The third kappa shape index (κ3) is 1.94. The summed E-state index contributed by atoms with van der Waals surface area (Å²) in [4.78, 5) is 6.55. The molecule has 1 saturated heterocycles. The van der Waals surface area contributed by atoms with Gasteiger partial charge in [0, 0.05) is 18.7 Å². The molecule has 0 aliphatic carbocycles. The Balaban J connectivity index is 1.89. The topological polar surface area (TPSA) is 33.4 Å². The van der Waals surface area contributed by atoms with Gasteiger partial charge in [-0.15, -0.1) is 0 Å². The van der Waals surface area contributed by atoms with E-state index < -0.39 is 16.7 Å². The monoisotopic (exact) mass is 320 g/mol. The summed E-state index contributed by atoms with van der Waals surface area (Å²) in [5.74, 6) is -1.60. The number of imidazole rings is 1. The minimum Gasteiger partial charge on any atom is -0.368 e. The molecule has 0 amide bonds. The summed E-state index contributed by atoms with van der Waals surface area (Å²) in [6.07, 6.45) is 4.37. The lowest BCUT2D eigenvalue weighted by Crippen LogP contribution is -2.37. The Morgan fingerprint density at radius 2 is 1.86 bits per heavy atom. The lowest BCUT2D eigenvalue weighted by Gasteiger charge is -2.32. The molecule has 112 valence electrons. The number of anilines is 1. The first-order valence-electron chi connectivity index (χ1n) is 6.88. The molecule has 4 nitrogen and oxygen atoms in total. The Labute approximate surface area is 129 Å². The van der Waals surface area contributed by atoms with Crippen LogP contribution in [0, 0.1) is 11.6 Å².